The van der Waals surface area contributed by atoms with Crippen LogP contribution in [0.4, 0.5) is 0 Å². The monoisotopic (exact) mass is 518 g/mol. The van der Waals surface area contributed by atoms with Gasteiger partial charge < -0.3 is 9.47 Å². The van der Waals surface area contributed by atoms with Crippen molar-refractivity contribution < 1.29 is 9.47 Å². The van der Waals surface area contributed by atoms with Crippen LogP contribution in [0.25, 0.3) is 22.5 Å². The zero-order valence-electron chi connectivity index (χ0n) is 22.8. The molecule has 0 atom stereocenters. The first-order valence-corrected chi connectivity index (χ1v) is 13.4. The normalized spacial score (nSPS) is 11.5. The molecule has 1 N–H and O–H groups in total. The van der Waals surface area contributed by atoms with E-state index >= 15 is 0 Å². The molecule has 9 heteroatoms. The number of hydrogen-bond donors (Lipinski definition) is 1. The second-order valence-corrected chi connectivity index (χ2v) is 9.46. The maximum absolute atomic E-state index is 13.8. The van der Waals surface area contributed by atoms with Gasteiger partial charge in [-0.15, -0.1) is 5.10 Å². The van der Waals surface area contributed by atoms with Crippen LogP contribution >= 0.6 is 0 Å². The summed E-state index contributed by atoms with van der Waals surface area (Å²) in [6, 6.07) is 16.4. The summed E-state index contributed by atoms with van der Waals surface area (Å²) in [5, 5.41) is 14.4. The SMILES string of the molecule is CCCCCn1c(C(OC)OC)c(CCCC)n(Cc2ccc(-c3ccccc3-c3nnn[nH]3)cc2)c1=O. The molecule has 2 aromatic heterocycles. The van der Waals surface area contributed by atoms with Gasteiger partial charge in [0.25, 0.3) is 0 Å². The van der Waals surface area contributed by atoms with Crippen LogP contribution in [0.15, 0.2) is 53.3 Å². The predicted octanol–water partition coefficient (Wildman–Crippen LogP) is 5.37. The van der Waals surface area contributed by atoms with E-state index in [1.54, 1.807) is 14.2 Å². The van der Waals surface area contributed by atoms with Crippen LogP contribution in [0.2, 0.25) is 0 Å². The number of aromatic nitrogens is 6. The van der Waals surface area contributed by atoms with Crippen molar-refractivity contribution in [2.24, 2.45) is 0 Å². The van der Waals surface area contributed by atoms with Crippen LogP contribution in [-0.4, -0.2) is 44.0 Å². The number of benzene rings is 2. The van der Waals surface area contributed by atoms with Crippen molar-refractivity contribution in [3.05, 3.63) is 76.0 Å². The zero-order valence-corrected chi connectivity index (χ0v) is 22.8. The Hall–Kier alpha value is -3.56. The molecular formula is C29H38N6O3. The summed E-state index contributed by atoms with van der Waals surface area (Å²) >= 11 is 0. The number of methoxy groups -OCH3 is 2. The predicted molar refractivity (Wildman–Crippen MR) is 148 cm³/mol. The number of unbranched alkanes of at least 4 members (excludes halogenated alkanes) is 3. The molecule has 0 saturated heterocycles. The lowest BCUT2D eigenvalue weighted by Crippen LogP contribution is -2.26. The van der Waals surface area contributed by atoms with Crippen molar-refractivity contribution in [2.75, 3.05) is 14.2 Å². The Balaban J connectivity index is 1.70. The third-order valence-corrected chi connectivity index (χ3v) is 6.91. The number of nitrogens with zero attached hydrogens (tertiary/aromatic N) is 5. The second kappa shape index (κ2) is 13.3. The van der Waals surface area contributed by atoms with Gasteiger partial charge in [0, 0.05) is 32.0 Å². The molecule has 0 radical (unpaired) electrons. The van der Waals surface area contributed by atoms with E-state index in [1.165, 1.54) is 0 Å². The van der Waals surface area contributed by atoms with Gasteiger partial charge in [-0.2, -0.15) is 0 Å². The van der Waals surface area contributed by atoms with E-state index in [4.69, 9.17) is 9.47 Å². The maximum Gasteiger partial charge on any atom is 0.329 e. The molecule has 0 aliphatic rings. The van der Waals surface area contributed by atoms with Crippen molar-refractivity contribution >= 4 is 0 Å². The van der Waals surface area contributed by atoms with Crippen molar-refractivity contribution in [1.29, 1.82) is 0 Å². The molecular weight excluding hydrogens is 480 g/mol. The molecule has 2 heterocycles. The van der Waals surface area contributed by atoms with Gasteiger partial charge >= 0.3 is 5.69 Å². The molecule has 38 heavy (non-hydrogen) atoms. The number of aromatic amines is 1. The number of rotatable bonds is 14. The van der Waals surface area contributed by atoms with E-state index in [0.29, 0.717) is 18.9 Å². The maximum atomic E-state index is 13.8. The van der Waals surface area contributed by atoms with Crippen LogP contribution < -0.4 is 5.69 Å². The van der Waals surface area contributed by atoms with E-state index in [-0.39, 0.29) is 5.69 Å². The first-order chi connectivity index (χ1) is 18.6. The summed E-state index contributed by atoms with van der Waals surface area (Å²) in [6.45, 7) is 5.47. The topological polar surface area (TPSA) is 99.8 Å². The van der Waals surface area contributed by atoms with Gasteiger partial charge in [-0.05, 0) is 46.4 Å². The molecule has 0 aliphatic carbocycles. The molecule has 0 aliphatic heterocycles. The fourth-order valence-corrected chi connectivity index (χ4v) is 4.93. The minimum atomic E-state index is -0.582. The summed E-state index contributed by atoms with van der Waals surface area (Å²) in [4.78, 5) is 13.8. The van der Waals surface area contributed by atoms with Gasteiger partial charge in [0.15, 0.2) is 12.1 Å². The Bertz CT molecular complexity index is 1340. The summed E-state index contributed by atoms with van der Waals surface area (Å²) in [7, 11) is 3.25. The smallest absolute Gasteiger partial charge is 0.329 e. The lowest BCUT2D eigenvalue weighted by molar-refractivity contribution is -0.111. The Morgan fingerprint density at radius 3 is 2.24 bits per heavy atom. The van der Waals surface area contributed by atoms with Crippen molar-refractivity contribution in [3.63, 3.8) is 0 Å². The molecule has 0 spiro atoms. The standard InChI is InChI=1S/C29H38N6O3/c1-5-7-11-19-34-26(28(37-3)38-4)25(14-8-6-2)35(29(34)36)20-21-15-17-22(18-16-21)23-12-9-10-13-24(23)27-30-32-33-31-27/h9-10,12-13,15-18,28H,5-8,11,14,19-20H2,1-4H3,(H,30,31,32,33). The highest BCUT2D eigenvalue weighted by atomic mass is 16.7. The average molecular weight is 519 g/mol. The van der Waals surface area contributed by atoms with Gasteiger partial charge in [0.2, 0.25) is 0 Å². The Morgan fingerprint density at radius 2 is 1.61 bits per heavy atom. The molecule has 0 unspecified atom stereocenters. The third kappa shape index (κ3) is 5.95. The number of tetrazole rings is 1. The number of hydrogen-bond acceptors (Lipinski definition) is 6. The Morgan fingerprint density at radius 1 is 0.895 bits per heavy atom. The van der Waals surface area contributed by atoms with Crippen LogP contribution in [0.5, 0.6) is 0 Å². The van der Waals surface area contributed by atoms with Crippen molar-refractivity contribution in [2.45, 2.75) is 71.8 Å². The molecule has 0 saturated carbocycles. The highest BCUT2D eigenvalue weighted by Crippen LogP contribution is 2.30. The molecule has 4 aromatic rings. The van der Waals surface area contributed by atoms with E-state index in [2.05, 4.69) is 64.8 Å². The second-order valence-electron chi connectivity index (χ2n) is 9.46. The first-order valence-electron chi connectivity index (χ1n) is 13.4. The molecule has 2 aromatic carbocycles. The number of H-pyrrole nitrogens is 1. The van der Waals surface area contributed by atoms with Gasteiger partial charge in [0.1, 0.15) is 0 Å². The van der Waals surface area contributed by atoms with Crippen LogP contribution in [0.3, 0.4) is 0 Å². The minimum Gasteiger partial charge on any atom is -0.350 e. The minimum absolute atomic E-state index is 0.00597. The molecule has 0 amide bonds. The van der Waals surface area contributed by atoms with E-state index in [9.17, 15) is 4.79 Å². The zero-order chi connectivity index (χ0) is 26.9. The summed E-state index contributed by atoms with van der Waals surface area (Å²) < 4.78 is 15.1. The fraction of sp³-hybridized carbons (Fsp3) is 0.448. The molecule has 4 rings (SSSR count). The van der Waals surface area contributed by atoms with E-state index in [0.717, 1.165) is 72.2 Å². The highest BCUT2D eigenvalue weighted by Gasteiger charge is 2.26. The van der Waals surface area contributed by atoms with Crippen LogP contribution in [-0.2, 0) is 29.0 Å². The highest BCUT2D eigenvalue weighted by molar-refractivity contribution is 5.80. The number of imidazole rings is 1. The molecule has 202 valence electrons. The molecule has 0 fully saturated rings. The summed E-state index contributed by atoms with van der Waals surface area (Å²) in [6.07, 6.45) is 5.33. The van der Waals surface area contributed by atoms with Crippen LogP contribution in [0.1, 0.15) is 69.2 Å². The number of nitrogens with one attached hydrogen (secondary N) is 1. The van der Waals surface area contributed by atoms with Gasteiger partial charge in [-0.25, -0.2) is 9.89 Å². The Kier molecular flexibility index (Phi) is 9.62. The van der Waals surface area contributed by atoms with Crippen LogP contribution in [0, 0.1) is 0 Å². The van der Waals surface area contributed by atoms with Crippen molar-refractivity contribution in [3.8, 4) is 22.5 Å². The lowest BCUT2D eigenvalue weighted by atomic mass is 9.98. The van der Waals surface area contributed by atoms with Gasteiger partial charge in [0.05, 0.1) is 12.2 Å². The van der Waals surface area contributed by atoms with Crippen molar-refractivity contribution in [1.82, 2.24) is 29.8 Å². The largest absolute Gasteiger partial charge is 0.350 e. The molecule has 0 bridgehead atoms. The first kappa shape index (κ1) is 27.5. The molecule has 9 nitrogen and oxygen atoms in total. The van der Waals surface area contributed by atoms with E-state index in [1.807, 2.05) is 27.3 Å². The Labute approximate surface area is 223 Å². The fourth-order valence-electron chi connectivity index (χ4n) is 4.93. The summed E-state index contributed by atoms with van der Waals surface area (Å²) in [5.74, 6) is 0.625. The van der Waals surface area contributed by atoms with Gasteiger partial charge in [-0.3, -0.25) is 9.13 Å². The third-order valence-electron chi connectivity index (χ3n) is 6.91. The summed E-state index contributed by atoms with van der Waals surface area (Å²) in [5.41, 5.74) is 5.90. The van der Waals surface area contributed by atoms with Gasteiger partial charge in [-0.1, -0.05) is 81.6 Å². The quantitative estimate of drug-likeness (QED) is 0.178. The number of ether oxygens (including phenoxy) is 2. The lowest BCUT2D eigenvalue weighted by Gasteiger charge is -2.18. The average Bonchev–Trinajstić information content (AvgIpc) is 3.57. The van der Waals surface area contributed by atoms with E-state index < -0.39 is 6.29 Å².